The third kappa shape index (κ3) is 1.88. The minimum Gasteiger partial charge on any atom is -0.366 e. The number of benzene rings is 1. The summed E-state index contributed by atoms with van der Waals surface area (Å²) in [6.45, 7) is 0. The molecule has 0 saturated heterocycles. The number of aromatic nitrogens is 2. The van der Waals surface area contributed by atoms with Gasteiger partial charge in [-0.05, 0) is 47.6 Å². The van der Waals surface area contributed by atoms with Gasteiger partial charge in [0, 0.05) is 29.9 Å². The highest BCUT2D eigenvalue weighted by molar-refractivity contribution is 5.94. The smallest absolute Gasteiger partial charge is 0.250 e. The zero-order chi connectivity index (χ0) is 15.1. The molecule has 0 fully saturated rings. The zero-order valence-corrected chi connectivity index (χ0v) is 12.0. The van der Waals surface area contributed by atoms with Crippen molar-refractivity contribution < 1.29 is 4.79 Å². The van der Waals surface area contributed by atoms with Gasteiger partial charge in [-0.2, -0.15) is 0 Å². The first kappa shape index (κ1) is 13.0. The minimum absolute atomic E-state index is 0.128. The molecule has 1 amide bonds. The van der Waals surface area contributed by atoms with Crippen LogP contribution in [0.5, 0.6) is 0 Å². The quantitative estimate of drug-likeness (QED) is 0.788. The van der Waals surface area contributed by atoms with Crippen LogP contribution in [0.2, 0.25) is 0 Å². The van der Waals surface area contributed by atoms with Crippen LogP contribution in [-0.4, -0.2) is 15.9 Å². The van der Waals surface area contributed by atoms with Crippen molar-refractivity contribution in [2.24, 2.45) is 5.73 Å². The van der Waals surface area contributed by atoms with E-state index in [2.05, 4.69) is 22.1 Å². The second-order valence-corrected chi connectivity index (χ2v) is 5.62. The van der Waals surface area contributed by atoms with Gasteiger partial charge in [-0.1, -0.05) is 12.1 Å². The lowest BCUT2D eigenvalue weighted by Gasteiger charge is -2.14. The van der Waals surface area contributed by atoms with Gasteiger partial charge in [-0.25, -0.2) is 0 Å². The lowest BCUT2D eigenvalue weighted by atomic mass is 9.92. The second kappa shape index (κ2) is 4.91. The number of primary amides is 1. The Bertz CT molecular complexity index is 888. The number of hydrogen-bond acceptors (Lipinski definition) is 3. The highest BCUT2D eigenvalue weighted by Crippen LogP contribution is 2.41. The molecule has 0 radical (unpaired) electrons. The van der Waals surface area contributed by atoms with E-state index in [4.69, 9.17) is 5.73 Å². The summed E-state index contributed by atoms with van der Waals surface area (Å²) >= 11 is 0. The van der Waals surface area contributed by atoms with E-state index in [1.807, 2.05) is 18.5 Å². The Morgan fingerprint density at radius 1 is 1.18 bits per heavy atom. The van der Waals surface area contributed by atoms with Crippen LogP contribution in [-0.2, 0) is 6.42 Å². The van der Waals surface area contributed by atoms with E-state index < -0.39 is 5.91 Å². The molecule has 2 heterocycles. The fourth-order valence-corrected chi connectivity index (χ4v) is 3.48. The van der Waals surface area contributed by atoms with Crippen LogP contribution in [0.25, 0.3) is 10.8 Å². The van der Waals surface area contributed by atoms with Crippen molar-refractivity contribution in [1.82, 2.24) is 9.97 Å². The summed E-state index contributed by atoms with van der Waals surface area (Å²) in [6, 6.07) is 9.80. The zero-order valence-electron chi connectivity index (χ0n) is 12.0. The summed E-state index contributed by atoms with van der Waals surface area (Å²) in [5, 5.41) is 2.39. The highest BCUT2D eigenvalue weighted by Gasteiger charge is 2.29. The summed E-state index contributed by atoms with van der Waals surface area (Å²) in [4.78, 5) is 20.4. The SMILES string of the molecule is NC(=O)c1cccnc1C1CCc2c1ccc1ccncc21. The number of aryl methyl sites for hydroxylation is 1. The maximum atomic E-state index is 11.7. The van der Waals surface area contributed by atoms with E-state index in [0.717, 1.165) is 18.5 Å². The average molecular weight is 289 g/mol. The lowest BCUT2D eigenvalue weighted by molar-refractivity contribution is 0.0998. The Morgan fingerprint density at radius 2 is 2.09 bits per heavy atom. The number of fused-ring (bicyclic) bond motifs is 3. The fourth-order valence-electron chi connectivity index (χ4n) is 3.48. The number of nitrogens with two attached hydrogens (primary N) is 1. The number of carbonyl (C=O) groups excluding carboxylic acids is 1. The lowest BCUT2D eigenvalue weighted by Crippen LogP contribution is -2.16. The monoisotopic (exact) mass is 289 g/mol. The van der Waals surface area contributed by atoms with Gasteiger partial charge in [0.1, 0.15) is 0 Å². The molecule has 0 aliphatic heterocycles. The molecule has 1 aliphatic rings. The van der Waals surface area contributed by atoms with Crippen molar-refractivity contribution in [3.63, 3.8) is 0 Å². The number of hydrogen-bond donors (Lipinski definition) is 1. The Hall–Kier alpha value is -2.75. The van der Waals surface area contributed by atoms with Crippen LogP contribution in [0.1, 0.15) is 39.5 Å². The topological polar surface area (TPSA) is 68.9 Å². The minimum atomic E-state index is -0.418. The molecule has 3 aromatic rings. The van der Waals surface area contributed by atoms with Crippen LogP contribution in [0.15, 0.2) is 48.9 Å². The molecule has 2 N–H and O–H groups in total. The fraction of sp³-hybridized carbons (Fsp3) is 0.167. The number of pyridine rings is 2. The molecular formula is C18H15N3O. The van der Waals surface area contributed by atoms with Crippen molar-refractivity contribution in [3.8, 4) is 0 Å². The number of rotatable bonds is 2. The van der Waals surface area contributed by atoms with E-state index in [1.165, 1.54) is 21.9 Å². The first-order valence-electron chi connectivity index (χ1n) is 7.36. The van der Waals surface area contributed by atoms with Gasteiger partial charge in [0.15, 0.2) is 0 Å². The molecule has 4 rings (SSSR count). The van der Waals surface area contributed by atoms with Crippen LogP contribution in [0.3, 0.4) is 0 Å². The number of amides is 1. The van der Waals surface area contributed by atoms with E-state index in [1.54, 1.807) is 18.3 Å². The van der Waals surface area contributed by atoms with Crippen molar-refractivity contribution in [2.75, 3.05) is 0 Å². The Labute approximate surface area is 128 Å². The van der Waals surface area contributed by atoms with Gasteiger partial charge < -0.3 is 5.73 Å². The van der Waals surface area contributed by atoms with Crippen LogP contribution >= 0.6 is 0 Å². The molecular weight excluding hydrogens is 274 g/mol. The van der Waals surface area contributed by atoms with E-state index in [-0.39, 0.29) is 5.92 Å². The number of nitrogens with zero attached hydrogens (tertiary/aromatic N) is 2. The van der Waals surface area contributed by atoms with Gasteiger partial charge in [-0.3, -0.25) is 14.8 Å². The van der Waals surface area contributed by atoms with Gasteiger partial charge in [0.05, 0.1) is 11.3 Å². The normalized spacial score (nSPS) is 16.6. The molecule has 4 nitrogen and oxygen atoms in total. The molecule has 22 heavy (non-hydrogen) atoms. The maximum Gasteiger partial charge on any atom is 0.250 e. The van der Waals surface area contributed by atoms with Crippen LogP contribution in [0, 0.1) is 0 Å². The Kier molecular flexibility index (Phi) is 2.89. The van der Waals surface area contributed by atoms with Gasteiger partial charge in [-0.15, -0.1) is 0 Å². The largest absolute Gasteiger partial charge is 0.366 e. The maximum absolute atomic E-state index is 11.7. The van der Waals surface area contributed by atoms with Crippen molar-refractivity contribution >= 4 is 16.7 Å². The molecule has 4 heteroatoms. The number of carbonyl (C=O) groups is 1. The third-order valence-electron chi connectivity index (χ3n) is 4.46. The van der Waals surface area contributed by atoms with E-state index in [0.29, 0.717) is 5.56 Å². The molecule has 0 bridgehead atoms. The van der Waals surface area contributed by atoms with Crippen LogP contribution in [0.4, 0.5) is 0 Å². The van der Waals surface area contributed by atoms with E-state index in [9.17, 15) is 4.79 Å². The third-order valence-corrected chi connectivity index (χ3v) is 4.46. The predicted octanol–water partition coefficient (Wildman–Crippen LogP) is 2.81. The van der Waals surface area contributed by atoms with Gasteiger partial charge >= 0.3 is 0 Å². The first-order chi connectivity index (χ1) is 10.8. The summed E-state index contributed by atoms with van der Waals surface area (Å²) < 4.78 is 0. The molecule has 1 atom stereocenters. The molecule has 0 saturated carbocycles. The van der Waals surface area contributed by atoms with Crippen molar-refractivity contribution in [2.45, 2.75) is 18.8 Å². The van der Waals surface area contributed by atoms with Gasteiger partial charge in [0.25, 0.3) is 5.91 Å². The summed E-state index contributed by atoms with van der Waals surface area (Å²) in [5.41, 5.74) is 9.37. The summed E-state index contributed by atoms with van der Waals surface area (Å²) in [7, 11) is 0. The average Bonchev–Trinajstić information content (AvgIpc) is 2.99. The highest BCUT2D eigenvalue weighted by atomic mass is 16.1. The molecule has 108 valence electrons. The van der Waals surface area contributed by atoms with Crippen LogP contribution < -0.4 is 5.73 Å². The first-order valence-corrected chi connectivity index (χ1v) is 7.36. The Balaban J connectivity index is 1.90. The van der Waals surface area contributed by atoms with Crippen molar-refractivity contribution in [1.29, 1.82) is 0 Å². The predicted molar refractivity (Wildman–Crippen MR) is 84.7 cm³/mol. The van der Waals surface area contributed by atoms with E-state index >= 15 is 0 Å². The van der Waals surface area contributed by atoms with Gasteiger partial charge in [0.2, 0.25) is 0 Å². The standard InChI is InChI=1S/C18H15N3O/c19-18(22)15-2-1-8-21-17(15)14-6-5-13-12(14)4-3-11-7-9-20-10-16(11)13/h1-4,7-10,14H,5-6H2,(H2,19,22). The second-order valence-electron chi connectivity index (χ2n) is 5.62. The summed E-state index contributed by atoms with van der Waals surface area (Å²) in [5.74, 6) is -0.290. The summed E-state index contributed by atoms with van der Waals surface area (Å²) in [6.07, 6.45) is 7.37. The molecule has 1 aromatic carbocycles. The molecule has 2 aromatic heterocycles. The molecule has 0 spiro atoms. The Morgan fingerprint density at radius 3 is 2.95 bits per heavy atom. The molecule has 1 unspecified atom stereocenters. The van der Waals surface area contributed by atoms with Crippen molar-refractivity contribution in [3.05, 3.63) is 71.3 Å². The molecule has 1 aliphatic carbocycles.